The number of alkyl carbamates (subject to hydrolysis) is 1. The summed E-state index contributed by atoms with van der Waals surface area (Å²) in [4.78, 5) is 21.7. The quantitative estimate of drug-likeness (QED) is 0.753. The van der Waals surface area contributed by atoms with Crippen molar-refractivity contribution in [3.05, 3.63) is 0 Å². The molecule has 4 nitrogen and oxygen atoms in total. The maximum Gasteiger partial charge on any atom is 0.408 e. The normalized spacial score (nSPS) is 13.6. The Hall–Kier alpha value is -1.06. The Bertz CT molecular complexity index is 206. The Kier molecular flexibility index (Phi) is 4.60. The van der Waals surface area contributed by atoms with Gasteiger partial charge in [-0.1, -0.05) is 13.8 Å². The highest BCUT2D eigenvalue weighted by molar-refractivity contribution is 5.73. The molecule has 1 unspecified atom stereocenters. The van der Waals surface area contributed by atoms with Crippen molar-refractivity contribution in [2.75, 3.05) is 0 Å². The summed E-state index contributed by atoms with van der Waals surface area (Å²) < 4.78 is 4.99. The predicted molar refractivity (Wildman–Crippen MR) is 53.7 cm³/mol. The second kappa shape index (κ2) is 4.98. The van der Waals surface area contributed by atoms with Crippen LogP contribution in [-0.2, 0) is 9.53 Å². The average molecular weight is 200 g/mol. The van der Waals surface area contributed by atoms with Crippen molar-refractivity contribution in [2.24, 2.45) is 5.92 Å². The lowest BCUT2D eigenvalue weighted by atomic mass is 10.1. The van der Waals surface area contributed by atoms with Crippen LogP contribution in [-0.4, -0.2) is 24.0 Å². The van der Waals surface area contributed by atoms with Gasteiger partial charge in [0.2, 0.25) is 6.29 Å². The van der Waals surface area contributed by atoms with Crippen molar-refractivity contribution in [1.29, 1.82) is 0 Å². The van der Waals surface area contributed by atoms with Crippen molar-refractivity contribution < 1.29 is 14.3 Å². The Labute approximate surface area is 85.0 Å². The Morgan fingerprint density at radius 1 is 1.36 bits per heavy atom. The molecule has 4 heteroatoms. The van der Waals surface area contributed by atoms with E-state index < -0.39 is 17.7 Å². The van der Waals surface area contributed by atoms with Gasteiger partial charge in [-0.25, -0.2) is 4.79 Å². The number of hydrogen-bond acceptors (Lipinski definition) is 3. The molecule has 0 aromatic heterocycles. The maximum absolute atomic E-state index is 11.2. The van der Waals surface area contributed by atoms with Gasteiger partial charge in [-0.05, 0) is 26.7 Å². The van der Waals surface area contributed by atoms with Crippen LogP contribution in [0.15, 0.2) is 0 Å². The van der Waals surface area contributed by atoms with Gasteiger partial charge in [-0.2, -0.15) is 0 Å². The van der Waals surface area contributed by atoms with Crippen molar-refractivity contribution in [3.63, 3.8) is 0 Å². The summed E-state index contributed by atoms with van der Waals surface area (Å²) in [6.45, 7) is 8.95. The summed E-state index contributed by atoms with van der Waals surface area (Å²) in [6, 6.07) is -0.607. The zero-order valence-electron chi connectivity index (χ0n) is 9.38. The number of carbonyl (C=O) groups is 1. The van der Waals surface area contributed by atoms with E-state index in [0.717, 1.165) is 0 Å². The van der Waals surface area contributed by atoms with E-state index in [4.69, 9.17) is 4.74 Å². The summed E-state index contributed by atoms with van der Waals surface area (Å²) in [5.41, 5.74) is -0.547. The number of carbonyl (C=O) groups excluding carboxylic acids is 2. The van der Waals surface area contributed by atoms with Gasteiger partial charge in [-0.15, -0.1) is 0 Å². The number of nitrogens with one attached hydrogen (secondary N) is 1. The highest BCUT2D eigenvalue weighted by Crippen LogP contribution is 2.07. The molecule has 81 valence electrons. The Balaban J connectivity index is 4.11. The molecular formula is C10H18NO3. The Morgan fingerprint density at radius 3 is 2.14 bits per heavy atom. The lowest BCUT2D eigenvalue weighted by Gasteiger charge is -2.22. The van der Waals surface area contributed by atoms with E-state index in [9.17, 15) is 9.59 Å². The first-order chi connectivity index (χ1) is 6.26. The molecule has 0 aromatic carbocycles. The van der Waals surface area contributed by atoms with E-state index in [1.165, 1.54) is 0 Å². The number of rotatable bonds is 3. The molecule has 0 aliphatic heterocycles. The molecule has 1 N–H and O–H groups in total. The average Bonchev–Trinajstić information content (AvgIpc) is 1.96. The number of ether oxygens (including phenoxy) is 1. The molecule has 14 heavy (non-hydrogen) atoms. The van der Waals surface area contributed by atoms with Crippen LogP contribution in [0, 0.1) is 5.92 Å². The van der Waals surface area contributed by atoms with Crippen LogP contribution in [0.5, 0.6) is 0 Å². The van der Waals surface area contributed by atoms with Crippen LogP contribution in [0.25, 0.3) is 0 Å². The standard InChI is InChI=1S/C10H18NO3/c1-7(2)8(6-12)11-9(13)14-10(3,4)5/h7-8H,1-5H3,(H,11,13). The summed E-state index contributed by atoms with van der Waals surface area (Å²) in [6.07, 6.45) is 1.17. The van der Waals surface area contributed by atoms with Gasteiger partial charge in [0.15, 0.2) is 0 Å². The summed E-state index contributed by atoms with van der Waals surface area (Å²) in [7, 11) is 0. The number of hydrogen-bond donors (Lipinski definition) is 1. The van der Waals surface area contributed by atoms with E-state index in [2.05, 4.69) is 5.32 Å². The maximum atomic E-state index is 11.2. The highest BCUT2D eigenvalue weighted by atomic mass is 16.6. The van der Waals surface area contributed by atoms with E-state index in [0.29, 0.717) is 0 Å². The van der Waals surface area contributed by atoms with Gasteiger partial charge in [0, 0.05) is 0 Å². The topological polar surface area (TPSA) is 55.4 Å². The van der Waals surface area contributed by atoms with Gasteiger partial charge in [0.25, 0.3) is 0 Å². The molecule has 1 radical (unpaired) electrons. The van der Waals surface area contributed by atoms with Crippen LogP contribution in [0.1, 0.15) is 34.6 Å². The molecular weight excluding hydrogens is 182 g/mol. The minimum Gasteiger partial charge on any atom is -0.444 e. The molecule has 0 saturated carbocycles. The summed E-state index contributed by atoms with van der Waals surface area (Å²) in [5.74, 6) is 0.0139. The first-order valence-corrected chi connectivity index (χ1v) is 4.63. The summed E-state index contributed by atoms with van der Waals surface area (Å²) in [5, 5.41) is 2.44. The molecule has 1 atom stereocenters. The monoisotopic (exact) mass is 200 g/mol. The van der Waals surface area contributed by atoms with Crippen LogP contribution >= 0.6 is 0 Å². The summed E-state index contributed by atoms with van der Waals surface area (Å²) >= 11 is 0. The molecule has 0 fully saturated rings. The fourth-order valence-electron chi connectivity index (χ4n) is 0.767. The van der Waals surface area contributed by atoms with Crippen molar-refractivity contribution >= 4 is 12.4 Å². The smallest absolute Gasteiger partial charge is 0.408 e. The SMILES string of the molecule is CC(C)C([C]=O)NC(=O)OC(C)(C)C. The second-order valence-corrected chi connectivity index (χ2v) is 4.49. The zero-order chi connectivity index (χ0) is 11.4. The third-order valence-corrected chi connectivity index (χ3v) is 1.47. The largest absolute Gasteiger partial charge is 0.444 e. The molecule has 0 heterocycles. The molecule has 0 spiro atoms. The van der Waals surface area contributed by atoms with Gasteiger partial charge < -0.3 is 10.1 Å². The van der Waals surface area contributed by atoms with E-state index in [1.54, 1.807) is 27.1 Å². The van der Waals surface area contributed by atoms with Gasteiger partial charge >= 0.3 is 6.09 Å². The molecule has 0 bridgehead atoms. The first kappa shape index (κ1) is 12.9. The van der Waals surface area contributed by atoms with Crippen LogP contribution in [0.4, 0.5) is 4.79 Å². The molecule has 0 aliphatic rings. The fourth-order valence-corrected chi connectivity index (χ4v) is 0.767. The predicted octanol–water partition coefficient (Wildman–Crippen LogP) is 1.65. The zero-order valence-corrected chi connectivity index (χ0v) is 9.38. The molecule has 0 aromatic rings. The lowest BCUT2D eigenvalue weighted by molar-refractivity contribution is 0.0507. The van der Waals surface area contributed by atoms with Gasteiger partial charge in [-0.3, -0.25) is 4.79 Å². The third-order valence-electron chi connectivity index (χ3n) is 1.47. The molecule has 1 amide bonds. The van der Waals surface area contributed by atoms with Crippen molar-refractivity contribution in [1.82, 2.24) is 5.32 Å². The fraction of sp³-hybridized carbons (Fsp3) is 0.800. The minimum atomic E-state index is -0.607. The van der Waals surface area contributed by atoms with Gasteiger partial charge in [0.1, 0.15) is 11.6 Å². The van der Waals surface area contributed by atoms with Crippen molar-refractivity contribution in [3.8, 4) is 0 Å². The van der Waals surface area contributed by atoms with E-state index in [1.807, 2.05) is 13.8 Å². The van der Waals surface area contributed by atoms with E-state index in [-0.39, 0.29) is 5.92 Å². The first-order valence-electron chi connectivity index (χ1n) is 4.63. The third kappa shape index (κ3) is 5.56. The molecule has 0 rings (SSSR count). The number of amides is 1. The van der Waals surface area contributed by atoms with Crippen LogP contribution in [0.3, 0.4) is 0 Å². The van der Waals surface area contributed by atoms with Crippen LogP contribution in [0.2, 0.25) is 0 Å². The molecule has 0 saturated heterocycles. The van der Waals surface area contributed by atoms with Crippen LogP contribution < -0.4 is 5.32 Å². The molecule has 0 aliphatic carbocycles. The minimum absolute atomic E-state index is 0.0139. The highest BCUT2D eigenvalue weighted by Gasteiger charge is 2.21. The lowest BCUT2D eigenvalue weighted by Crippen LogP contribution is -2.42. The second-order valence-electron chi connectivity index (χ2n) is 4.49. The Morgan fingerprint density at radius 2 is 1.86 bits per heavy atom. The van der Waals surface area contributed by atoms with E-state index >= 15 is 0 Å². The van der Waals surface area contributed by atoms with Gasteiger partial charge in [0.05, 0.1) is 0 Å². The van der Waals surface area contributed by atoms with Crippen molar-refractivity contribution in [2.45, 2.75) is 46.3 Å².